The van der Waals surface area contributed by atoms with E-state index in [2.05, 4.69) is 10.1 Å². The fourth-order valence-corrected chi connectivity index (χ4v) is 8.21. The van der Waals surface area contributed by atoms with Gasteiger partial charge in [0.1, 0.15) is 11.5 Å². The van der Waals surface area contributed by atoms with Crippen molar-refractivity contribution < 1.29 is 17.6 Å². The Kier molecular flexibility index (Phi) is 5.71. The van der Waals surface area contributed by atoms with Crippen molar-refractivity contribution in [1.29, 1.82) is 0 Å². The van der Waals surface area contributed by atoms with Gasteiger partial charge >= 0.3 is 0 Å². The zero-order valence-corrected chi connectivity index (χ0v) is 22.9. The van der Waals surface area contributed by atoms with E-state index in [1.165, 1.54) is 12.1 Å². The molecule has 0 radical (unpaired) electrons. The number of hydrogen-bond acceptors (Lipinski definition) is 5. The first kappa shape index (κ1) is 25.1. The van der Waals surface area contributed by atoms with E-state index in [0.29, 0.717) is 35.9 Å². The molecule has 2 saturated carbocycles. The number of Topliss-reactive ketones (excluding diaryl/α,β-unsaturated/α-hetero) is 1. The predicted octanol–water partition coefficient (Wildman–Crippen LogP) is 5.69. The summed E-state index contributed by atoms with van der Waals surface area (Å²) in [7, 11) is -3.66. The second kappa shape index (κ2) is 9.09. The van der Waals surface area contributed by atoms with Gasteiger partial charge in [-0.1, -0.05) is 5.57 Å². The molecule has 3 aromatic heterocycles. The highest BCUT2D eigenvalue weighted by molar-refractivity contribution is 7.92. The van der Waals surface area contributed by atoms with Crippen LogP contribution in [0.3, 0.4) is 0 Å². The van der Waals surface area contributed by atoms with Gasteiger partial charge in [0.15, 0.2) is 15.6 Å². The molecular weight excluding hydrogens is 527 g/mol. The Balaban J connectivity index is 1.31. The van der Waals surface area contributed by atoms with Crippen LogP contribution < -0.4 is 0 Å². The van der Waals surface area contributed by atoms with Crippen LogP contribution in [0.1, 0.15) is 65.5 Å². The summed E-state index contributed by atoms with van der Waals surface area (Å²) in [6, 6.07) is 11.8. The molecule has 9 heteroatoms. The van der Waals surface area contributed by atoms with Crippen LogP contribution in [-0.4, -0.2) is 38.8 Å². The van der Waals surface area contributed by atoms with Crippen molar-refractivity contribution >= 4 is 21.7 Å². The Bertz CT molecular complexity index is 1780. The molecular formula is C31H29FN4O3S. The molecule has 3 heterocycles. The molecule has 1 aromatic carbocycles. The fourth-order valence-electron chi connectivity index (χ4n) is 6.38. The number of nitrogens with zero attached hydrogens (tertiary/aromatic N) is 4. The van der Waals surface area contributed by atoms with Crippen LogP contribution >= 0.6 is 0 Å². The molecule has 0 saturated heterocycles. The first-order valence-electron chi connectivity index (χ1n) is 13.7. The lowest BCUT2D eigenvalue weighted by Crippen LogP contribution is -2.45. The lowest BCUT2D eigenvalue weighted by molar-refractivity contribution is 0.0796. The molecule has 7 nitrogen and oxygen atoms in total. The van der Waals surface area contributed by atoms with Crippen LogP contribution in [-0.2, 0) is 16.3 Å². The summed E-state index contributed by atoms with van der Waals surface area (Å²) < 4.78 is 45.2. The third-order valence-corrected chi connectivity index (χ3v) is 10.9. The van der Waals surface area contributed by atoms with Crippen molar-refractivity contribution in [1.82, 2.24) is 19.3 Å². The van der Waals surface area contributed by atoms with Crippen LogP contribution in [0.5, 0.6) is 0 Å². The van der Waals surface area contributed by atoms with Crippen LogP contribution in [0.4, 0.5) is 4.39 Å². The SMILES string of the molecule is Cc1ccnc(C(=O)[C@]23Cc4cnn(-c5ccc(F)cc5)c4C=C2CC[C@H](S(=O)(=O)c2ccn(C4CC4)c2)C3)c1. The normalized spacial score (nSPS) is 22.4. The van der Waals surface area contributed by atoms with Gasteiger partial charge < -0.3 is 4.57 Å². The maximum Gasteiger partial charge on any atom is 0.191 e. The minimum Gasteiger partial charge on any atom is -0.350 e. The van der Waals surface area contributed by atoms with E-state index in [-0.39, 0.29) is 18.0 Å². The third-order valence-electron chi connectivity index (χ3n) is 8.69. The fraction of sp³-hybridized carbons (Fsp3) is 0.323. The Morgan fingerprint density at radius 3 is 2.65 bits per heavy atom. The van der Waals surface area contributed by atoms with Crippen LogP contribution in [0.2, 0.25) is 0 Å². The van der Waals surface area contributed by atoms with Crippen molar-refractivity contribution in [2.75, 3.05) is 0 Å². The van der Waals surface area contributed by atoms with Crippen molar-refractivity contribution in [3.05, 3.63) is 101 Å². The zero-order chi connectivity index (χ0) is 27.6. The van der Waals surface area contributed by atoms with E-state index in [1.54, 1.807) is 47.5 Å². The van der Waals surface area contributed by atoms with Gasteiger partial charge in [-0.3, -0.25) is 9.78 Å². The average molecular weight is 557 g/mol. The maximum absolute atomic E-state index is 14.4. The molecule has 4 aromatic rings. The molecule has 3 aliphatic rings. The van der Waals surface area contributed by atoms with E-state index >= 15 is 0 Å². The second-order valence-electron chi connectivity index (χ2n) is 11.4. The largest absolute Gasteiger partial charge is 0.350 e. The number of aryl methyl sites for hydroxylation is 1. The van der Waals surface area contributed by atoms with Gasteiger partial charge in [-0.05, 0) is 105 Å². The quantitative estimate of drug-likeness (QED) is 0.285. The summed E-state index contributed by atoms with van der Waals surface area (Å²) >= 11 is 0. The van der Waals surface area contributed by atoms with Crippen molar-refractivity contribution in [2.24, 2.45) is 5.41 Å². The number of hydrogen-bond donors (Lipinski definition) is 0. The number of allylic oxidation sites excluding steroid dienone is 1. The molecule has 2 atom stereocenters. The van der Waals surface area contributed by atoms with Crippen LogP contribution in [0.15, 0.2) is 77.7 Å². The Hall–Kier alpha value is -3.85. The monoisotopic (exact) mass is 556 g/mol. The number of pyridine rings is 1. The number of carbonyl (C=O) groups is 1. The molecule has 2 fully saturated rings. The molecule has 7 rings (SSSR count). The number of benzene rings is 1. The summed E-state index contributed by atoms with van der Waals surface area (Å²) in [5.41, 5.74) is 3.53. The number of carbonyl (C=O) groups excluding carboxylic acids is 1. The third kappa shape index (κ3) is 4.06. The average Bonchev–Trinajstić information content (AvgIpc) is 3.53. The minimum atomic E-state index is -3.66. The Morgan fingerprint density at radius 2 is 1.90 bits per heavy atom. The molecule has 0 spiro atoms. The molecule has 40 heavy (non-hydrogen) atoms. The van der Waals surface area contributed by atoms with E-state index in [9.17, 15) is 17.6 Å². The number of rotatable bonds is 6. The number of fused-ring (bicyclic) bond motifs is 2. The zero-order valence-electron chi connectivity index (χ0n) is 22.1. The highest BCUT2D eigenvalue weighted by Gasteiger charge is 2.52. The highest BCUT2D eigenvalue weighted by atomic mass is 32.2. The lowest BCUT2D eigenvalue weighted by Gasteiger charge is -2.43. The summed E-state index contributed by atoms with van der Waals surface area (Å²) in [5, 5.41) is 3.88. The summed E-state index contributed by atoms with van der Waals surface area (Å²) in [4.78, 5) is 19.1. The van der Waals surface area contributed by atoms with Gasteiger partial charge in [-0.25, -0.2) is 17.5 Å². The van der Waals surface area contributed by atoms with E-state index in [4.69, 9.17) is 0 Å². The Morgan fingerprint density at radius 1 is 1.10 bits per heavy atom. The standard InChI is InChI=1S/C31H29FN4O3S/c1-20-10-12-33-28(14-20)30(37)31-16-21-18-34-36(25-5-3-23(32)4-6-25)29(21)15-22(31)2-9-26(17-31)40(38,39)27-11-13-35(19-27)24-7-8-24/h3-6,10-15,18-19,24,26H,2,7-9,16-17H2,1H3/t26-,31-/m0/s1. The topological polar surface area (TPSA) is 86.8 Å². The predicted molar refractivity (Wildman–Crippen MR) is 148 cm³/mol. The van der Waals surface area contributed by atoms with Crippen LogP contribution in [0.25, 0.3) is 11.8 Å². The Labute approximate surface area is 232 Å². The molecule has 0 amide bonds. The highest BCUT2D eigenvalue weighted by Crippen LogP contribution is 2.52. The van der Waals surface area contributed by atoms with Crippen molar-refractivity contribution in [3.8, 4) is 5.69 Å². The first-order chi connectivity index (χ1) is 19.2. The molecule has 3 aliphatic carbocycles. The smallest absolute Gasteiger partial charge is 0.191 e. The first-order valence-corrected chi connectivity index (χ1v) is 15.2. The number of halogens is 1. The van der Waals surface area contributed by atoms with Gasteiger partial charge in [0.25, 0.3) is 0 Å². The second-order valence-corrected chi connectivity index (χ2v) is 13.6. The van der Waals surface area contributed by atoms with E-state index in [1.807, 2.05) is 29.8 Å². The van der Waals surface area contributed by atoms with Crippen molar-refractivity contribution in [2.45, 2.75) is 61.6 Å². The number of sulfone groups is 1. The minimum absolute atomic E-state index is 0.155. The van der Waals surface area contributed by atoms with Gasteiger partial charge in [-0.15, -0.1) is 0 Å². The molecule has 0 N–H and O–H groups in total. The van der Waals surface area contributed by atoms with E-state index < -0.39 is 20.5 Å². The van der Waals surface area contributed by atoms with Gasteiger partial charge in [-0.2, -0.15) is 5.10 Å². The van der Waals surface area contributed by atoms with Crippen LogP contribution in [0, 0.1) is 18.2 Å². The molecule has 0 bridgehead atoms. The number of ketones is 1. The molecule has 0 aliphatic heterocycles. The van der Waals surface area contributed by atoms with Gasteiger partial charge in [0.05, 0.1) is 33.1 Å². The van der Waals surface area contributed by atoms with E-state index in [0.717, 1.165) is 40.9 Å². The van der Waals surface area contributed by atoms with Crippen molar-refractivity contribution in [3.63, 3.8) is 0 Å². The number of aromatic nitrogens is 4. The van der Waals surface area contributed by atoms with Gasteiger partial charge in [0, 0.05) is 24.6 Å². The lowest BCUT2D eigenvalue weighted by atomic mass is 9.61. The summed E-state index contributed by atoms with van der Waals surface area (Å²) in [5.74, 6) is -0.483. The maximum atomic E-state index is 14.4. The van der Waals surface area contributed by atoms with Gasteiger partial charge in [0.2, 0.25) is 0 Å². The molecule has 0 unspecified atom stereocenters. The summed E-state index contributed by atoms with van der Waals surface area (Å²) in [6.45, 7) is 1.91. The molecule has 204 valence electrons. The summed E-state index contributed by atoms with van der Waals surface area (Å²) in [6.07, 6.45) is 12.5.